The molecule has 1 atom stereocenters. The van der Waals surface area contributed by atoms with Crippen LogP contribution in [0.5, 0.6) is 0 Å². The minimum absolute atomic E-state index is 0. The van der Waals surface area contributed by atoms with Gasteiger partial charge in [-0.1, -0.05) is 20.3 Å². The Morgan fingerprint density at radius 2 is 1.58 bits per heavy atom. The van der Waals surface area contributed by atoms with Crippen LogP contribution in [-0.2, 0) is 9.59 Å². The van der Waals surface area contributed by atoms with Gasteiger partial charge < -0.3 is 10.2 Å². The molecule has 0 fully saturated rings. The number of carbonyl (C=O) groups is 2. The van der Waals surface area contributed by atoms with E-state index >= 15 is 0 Å². The van der Waals surface area contributed by atoms with Gasteiger partial charge in [0.2, 0.25) is 0 Å². The van der Waals surface area contributed by atoms with Crippen LogP contribution in [0.2, 0.25) is 0 Å². The Hall–Kier alpha value is 0.200. The Balaban J connectivity index is 0. The van der Waals surface area contributed by atoms with E-state index in [-0.39, 0.29) is 43.7 Å². The first-order valence-electron chi connectivity index (χ1n) is 3.46. The molecule has 0 saturated heterocycles. The summed E-state index contributed by atoms with van der Waals surface area (Å²) in [5.74, 6) is -4.09. The molecule has 1 unspecified atom stereocenters. The quantitative estimate of drug-likeness (QED) is 0.493. The van der Waals surface area contributed by atoms with Crippen LogP contribution in [-0.4, -0.2) is 59.9 Å². The number of aliphatic carboxylic acids is 2. The Bertz CT molecular complexity index is 155. The third-order valence-corrected chi connectivity index (χ3v) is 1.75. The van der Waals surface area contributed by atoms with Gasteiger partial charge in [0.05, 0.1) is 0 Å². The average Bonchev–Trinajstić information content (AvgIpc) is 1.85. The van der Waals surface area contributed by atoms with Crippen LogP contribution in [0.3, 0.4) is 0 Å². The Labute approximate surface area is 101 Å². The molecule has 12 heavy (non-hydrogen) atoms. The van der Waals surface area contributed by atoms with Crippen molar-refractivity contribution >= 4 is 49.7 Å². The zero-order chi connectivity index (χ0) is 9.02. The summed E-state index contributed by atoms with van der Waals surface area (Å²) in [5.41, 5.74) is 0. The maximum atomic E-state index is 10.4. The number of rotatable bonds is 4. The molecule has 5 heteroatoms. The summed E-state index contributed by atoms with van der Waals surface area (Å²) in [4.78, 5) is 20.7. The van der Waals surface area contributed by atoms with E-state index in [1.54, 1.807) is 13.8 Å². The first-order chi connectivity index (χ1) is 5.00. The topological polar surface area (TPSA) is 74.6 Å². The first kappa shape index (κ1) is 14.7. The number of hydrogen-bond donors (Lipinski definition) is 2. The fourth-order valence-corrected chi connectivity index (χ4v) is 0.828. The van der Waals surface area contributed by atoms with Gasteiger partial charge in [-0.15, -0.1) is 0 Å². The Morgan fingerprint density at radius 1 is 1.25 bits per heavy atom. The van der Waals surface area contributed by atoms with Crippen molar-refractivity contribution in [3.05, 3.63) is 0 Å². The maximum absolute atomic E-state index is 10.4. The minimum atomic E-state index is -1.26. The summed E-state index contributed by atoms with van der Waals surface area (Å²) in [6.07, 6.45) is 0.559. The van der Waals surface area contributed by atoms with Crippen molar-refractivity contribution in [3.63, 3.8) is 0 Å². The average molecular weight is 202 g/mol. The van der Waals surface area contributed by atoms with Gasteiger partial charge in [0.15, 0.2) is 5.92 Å². The second-order valence-electron chi connectivity index (χ2n) is 2.54. The van der Waals surface area contributed by atoms with E-state index in [9.17, 15) is 9.59 Å². The molecule has 68 valence electrons. The molecule has 4 nitrogen and oxygen atoms in total. The molecule has 0 amide bonds. The van der Waals surface area contributed by atoms with Crippen molar-refractivity contribution in [1.29, 1.82) is 0 Å². The van der Waals surface area contributed by atoms with Crippen LogP contribution in [0.15, 0.2) is 0 Å². The predicted molar refractivity (Wildman–Crippen MR) is 46.8 cm³/mol. The van der Waals surface area contributed by atoms with Crippen LogP contribution >= 0.6 is 0 Å². The molecular formula is C7H14CaO4. The molecule has 0 aromatic carbocycles. The van der Waals surface area contributed by atoms with Gasteiger partial charge in [-0.2, -0.15) is 0 Å². The third kappa shape index (κ3) is 4.28. The van der Waals surface area contributed by atoms with Gasteiger partial charge >= 0.3 is 49.7 Å². The zero-order valence-corrected chi connectivity index (χ0v) is 6.57. The molecular weight excluding hydrogens is 188 g/mol. The van der Waals surface area contributed by atoms with E-state index in [1.165, 1.54) is 0 Å². The molecule has 0 aliphatic rings. The van der Waals surface area contributed by atoms with Crippen LogP contribution in [0, 0.1) is 11.8 Å². The van der Waals surface area contributed by atoms with Crippen molar-refractivity contribution in [2.45, 2.75) is 20.3 Å². The Kier molecular flexibility index (Phi) is 8.20. The molecule has 0 aliphatic carbocycles. The van der Waals surface area contributed by atoms with Crippen LogP contribution in [0.4, 0.5) is 0 Å². The van der Waals surface area contributed by atoms with E-state index < -0.39 is 17.9 Å². The SMILES string of the molecule is CCC(C)C(C(=O)O)C(=O)O.[CaH2]. The Morgan fingerprint density at radius 3 is 1.67 bits per heavy atom. The van der Waals surface area contributed by atoms with Gasteiger partial charge in [0.25, 0.3) is 0 Å². The van der Waals surface area contributed by atoms with Crippen LogP contribution < -0.4 is 0 Å². The third-order valence-electron chi connectivity index (χ3n) is 1.75. The molecule has 0 aromatic heterocycles. The van der Waals surface area contributed by atoms with Crippen LogP contribution in [0.25, 0.3) is 0 Å². The van der Waals surface area contributed by atoms with E-state index in [0.29, 0.717) is 6.42 Å². The van der Waals surface area contributed by atoms with E-state index in [1.807, 2.05) is 0 Å². The molecule has 0 bridgehead atoms. The van der Waals surface area contributed by atoms with Crippen molar-refractivity contribution in [1.82, 2.24) is 0 Å². The molecule has 0 spiro atoms. The number of carboxylic acid groups (broad SMARTS) is 2. The molecule has 0 heterocycles. The van der Waals surface area contributed by atoms with Crippen molar-refractivity contribution in [3.8, 4) is 0 Å². The summed E-state index contributed by atoms with van der Waals surface area (Å²) in [6, 6.07) is 0. The van der Waals surface area contributed by atoms with Gasteiger partial charge in [0, 0.05) is 0 Å². The number of hydrogen-bond acceptors (Lipinski definition) is 2. The van der Waals surface area contributed by atoms with Crippen molar-refractivity contribution in [2.75, 3.05) is 0 Å². The fourth-order valence-electron chi connectivity index (χ4n) is 0.828. The fraction of sp³-hybridized carbons (Fsp3) is 0.714. The standard InChI is InChI=1S/C7H12O4.Ca.2H/c1-3-4(2)5(6(8)9)7(10)11;;;/h4-5H,3H2,1-2H3,(H,8,9)(H,10,11);;;. The van der Waals surface area contributed by atoms with Gasteiger partial charge in [0.1, 0.15) is 0 Å². The summed E-state index contributed by atoms with van der Waals surface area (Å²) in [7, 11) is 0. The second kappa shape index (κ2) is 6.69. The van der Waals surface area contributed by atoms with E-state index in [2.05, 4.69) is 0 Å². The zero-order valence-electron chi connectivity index (χ0n) is 6.57. The van der Waals surface area contributed by atoms with E-state index in [4.69, 9.17) is 10.2 Å². The summed E-state index contributed by atoms with van der Waals surface area (Å²) in [5, 5.41) is 16.9. The molecule has 2 N–H and O–H groups in total. The molecule has 0 radical (unpaired) electrons. The number of carboxylic acids is 2. The monoisotopic (exact) mass is 202 g/mol. The van der Waals surface area contributed by atoms with Gasteiger partial charge in [-0.25, -0.2) is 0 Å². The molecule has 0 aromatic rings. The second-order valence-corrected chi connectivity index (χ2v) is 2.54. The van der Waals surface area contributed by atoms with Gasteiger partial charge in [-0.3, -0.25) is 9.59 Å². The summed E-state index contributed by atoms with van der Waals surface area (Å²) >= 11 is 0. The molecule has 0 aliphatic heterocycles. The summed E-state index contributed by atoms with van der Waals surface area (Å²) < 4.78 is 0. The van der Waals surface area contributed by atoms with Crippen molar-refractivity contribution < 1.29 is 19.8 Å². The first-order valence-corrected chi connectivity index (χ1v) is 3.46. The normalized spacial score (nSPS) is 11.9. The predicted octanol–water partition coefficient (Wildman–Crippen LogP) is -0.0983. The van der Waals surface area contributed by atoms with E-state index in [0.717, 1.165) is 0 Å². The summed E-state index contributed by atoms with van der Waals surface area (Å²) in [6.45, 7) is 3.39. The van der Waals surface area contributed by atoms with Crippen molar-refractivity contribution in [2.24, 2.45) is 11.8 Å². The molecule has 0 saturated carbocycles. The van der Waals surface area contributed by atoms with Gasteiger partial charge in [-0.05, 0) is 5.92 Å². The van der Waals surface area contributed by atoms with Crippen LogP contribution in [0.1, 0.15) is 20.3 Å². The molecule has 0 rings (SSSR count).